The molecule has 1 amide bonds. The molecule has 0 aliphatic carbocycles. The fraction of sp³-hybridized carbons (Fsp3) is 0.0870. The first kappa shape index (κ1) is 22.2. The first-order valence-corrected chi connectivity index (χ1v) is 10.9. The van der Waals surface area contributed by atoms with Crippen molar-refractivity contribution in [3.05, 3.63) is 112 Å². The molecular weight excluding hydrogens is 445 g/mol. The summed E-state index contributed by atoms with van der Waals surface area (Å²) in [6, 6.07) is 21.5. The van der Waals surface area contributed by atoms with E-state index in [1.54, 1.807) is 18.2 Å². The Bertz CT molecular complexity index is 1280. The normalized spacial score (nSPS) is 10.7. The van der Waals surface area contributed by atoms with Crippen LogP contribution >= 0.6 is 11.8 Å². The molecule has 0 radical (unpaired) electrons. The van der Waals surface area contributed by atoms with Crippen LogP contribution < -0.4 is 5.32 Å². The molecule has 0 spiro atoms. The summed E-state index contributed by atoms with van der Waals surface area (Å²) in [7, 11) is 0. The third kappa shape index (κ3) is 5.24. The van der Waals surface area contributed by atoms with Crippen LogP contribution in [0.5, 0.6) is 0 Å². The van der Waals surface area contributed by atoms with Gasteiger partial charge in [0.1, 0.15) is 5.82 Å². The number of aromatic nitrogens is 3. The molecule has 0 atom stereocenters. The molecule has 1 aromatic heterocycles. The maximum absolute atomic E-state index is 13.9. The summed E-state index contributed by atoms with van der Waals surface area (Å²) in [4.78, 5) is 22.8. The number of rotatable bonds is 8. The lowest BCUT2D eigenvalue weighted by Gasteiger charge is -2.11. The highest BCUT2D eigenvalue weighted by atomic mass is 32.2. The SMILES string of the molecule is O=C(NCc1nnc(SCc2ccc([N+](=O)[O-])cc2)n1-c1ccccc1)c1ccccc1F. The zero-order valence-electron chi connectivity index (χ0n) is 17.2. The molecule has 10 heteroatoms. The molecule has 0 saturated heterocycles. The molecule has 0 unspecified atom stereocenters. The average molecular weight is 463 g/mol. The Balaban J connectivity index is 1.54. The molecule has 1 heterocycles. The van der Waals surface area contributed by atoms with Crippen LogP contribution in [0.1, 0.15) is 21.7 Å². The van der Waals surface area contributed by atoms with Crippen LogP contribution in [-0.4, -0.2) is 25.6 Å². The monoisotopic (exact) mass is 463 g/mol. The van der Waals surface area contributed by atoms with Crippen molar-refractivity contribution in [1.29, 1.82) is 0 Å². The molecule has 33 heavy (non-hydrogen) atoms. The number of nitrogens with zero attached hydrogens (tertiary/aromatic N) is 4. The Kier molecular flexibility index (Phi) is 6.75. The number of amides is 1. The van der Waals surface area contributed by atoms with Gasteiger partial charge in [-0.05, 0) is 29.8 Å². The first-order chi connectivity index (χ1) is 16.0. The predicted molar refractivity (Wildman–Crippen MR) is 122 cm³/mol. The van der Waals surface area contributed by atoms with Crippen LogP contribution in [0.3, 0.4) is 0 Å². The topological polar surface area (TPSA) is 103 Å². The van der Waals surface area contributed by atoms with Crippen molar-refractivity contribution in [3.63, 3.8) is 0 Å². The summed E-state index contributed by atoms with van der Waals surface area (Å²) < 4.78 is 15.7. The molecule has 3 aromatic carbocycles. The van der Waals surface area contributed by atoms with Crippen molar-refractivity contribution in [2.24, 2.45) is 0 Å². The first-order valence-electron chi connectivity index (χ1n) is 9.91. The molecular formula is C23H18FN5O3S. The van der Waals surface area contributed by atoms with Crippen molar-refractivity contribution in [2.45, 2.75) is 17.5 Å². The number of hydrogen-bond donors (Lipinski definition) is 1. The molecule has 0 bridgehead atoms. The lowest BCUT2D eigenvalue weighted by atomic mass is 10.2. The molecule has 0 aliphatic rings. The minimum Gasteiger partial charge on any atom is -0.345 e. The lowest BCUT2D eigenvalue weighted by molar-refractivity contribution is -0.384. The number of benzene rings is 3. The van der Waals surface area contributed by atoms with Gasteiger partial charge < -0.3 is 5.32 Å². The van der Waals surface area contributed by atoms with Crippen molar-refractivity contribution < 1.29 is 14.1 Å². The highest BCUT2D eigenvalue weighted by molar-refractivity contribution is 7.98. The van der Waals surface area contributed by atoms with Crippen molar-refractivity contribution in [3.8, 4) is 5.69 Å². The van der Waals surface area contributed by atoms with Gasteiger partial charge in [-0.2, -0.15) is 0 Å². The van der Waals surface area contributed by atoms with Gasteiger partial charge in [-0.1, -0.05) is 54.2 Å². The van der Waals surface area contributed by atoms with E-state index in [1.807, 2.05) is 34.9 Å². The molecule has 4 aromatic rings. The average Bonchev–Trinajstić information content (AvgIpc) is 3.25. The van der Waals surface area contributed by atoms with Gasteiger partial charge in [0, 0.05) is 23.6 Å². The molecule has 0 saturated carbocycles. The van der Waals surface area contributed by atoms with Crippen LogP contribution in [0.25, 0.3) is 5.69 Å². The smallest absolute Gasteiger partial charge is 0.269 e. The summed E-state index contributed by atoms with van der Waals surface area (Å²) in [5.74, 6) is -0.142. The number of para-hydroxylation sites is 1. The van der Waals surface area contributed by atoms with Crippen molar-refractivity contribution >= 4 is 23.4 Å². The van der Waals surface area contributed by atoms with Crippen LogP contribution in [0.15, 0.2) is 84.0 Å². The fourth-order valence-corrected chi connectivity index (χ4v) is 4.03. The summed E-state index contributed by atoms with van der Waals surface area (Å²) in [6.45, 7) is 0.0488. The van der Waals surface area contributed by atoms with E-state index < -0.39 is 16.6 Å². The molecule has 0 fully saturated rings. The molecule has 166 valence electrons. The van der Waals surface area contributed by atoms with E-state index in [9.17, 15) is 19.3 Å². The number of carbonyl (C=O) groups is 1. The maximum Gasteiger partial charge on any atom is 0.269 e. The number of nitro groups is 1. The third-order valence-electron chi connectivity index (χ3n) is 4.76. The summed E-state index contributed by atoms with van der Waals surface area (Å²) >= 11 is 1.41. The Morgan fingerprint density at radius 1 is 1.00 bits per heavy atom. The Labute approximate surface area is 192 Å². The van der Waals surface area contributed by atoms with E-state index in [4.69, 9.17) is 0 Å². The number of hydrogen-bond acceptors (Lipinski definition) is 6. The number of halogens is 1. The van der Waals surface area contributed by atoms with Gasteiger partial charge in [0.15, 0.2) is 11.0 Å². The van der Waals surface area contributed by atoms with E-state index in [1.165, 1.54) is 42.1 Å². The maximum atomic E-state index is 13.9. The van der Waals surface area contributed by atoms with E-state index in [-0.39, 0.29) is 17.8 Å². The van der Waals surface area contributed by atoms with Gasteiger partial charge in [-0.25, -0.2) is 4.39 Å². The van der Waals surface area contributed by atoms with Crippen LogP contribution in [0.4, 0.5) is 10.1 Å². The minimum absolute atomic E-state index is 0.0316. The lowest BCUT2D eigenvalue weighted by Crippen LogP contribution is -2.25. The number of nitro benzene ring substituents is 1. The molecule has 1 N–H and O–H groups in total. The highest BCUT2D eigenvalue weighted by Gasteiger charge is 2.17. The number of nitrogens with one attached hydrogen (secondary N) is 1. The van der Waals surface area contributed by atoms with Crippen LogP contribution in [-0.2, 0) is 12.3 Å². The van der Waals surface area contributed by atoms with Gasteiger partial charge in [-0.3, -0.25) is 19.5 Å². The quantitative estimate of drug-likeness (QED) is 0.234. The number of thioether (sulfide) groups is 1. The zero-order valence-corrected chi connectivity index (χ0v) is 18.0. The van der Waals surface area contributed by atoms with Gasteiger partial charge in [-0.15, -0.1) is 10.2 Å². The molecule has 4 rings (SSSR count). The fourth-order valence-electron chi connectivity index (χ4n) is 3.11. The van der Waals surface area contributed by atoms with E-state index in [2.05, 4.69) is 15.5 Å². The second-order valence-corrected chi connectivity index (χ2v) is 7.89. The van der Waals surface area contributed by atoms with Crippen LogP contribution in [0, 0.1) is 15.9 Å². The standard InChI is InChI=1S/C23H18FN5O3S/c24-20-9-5-4-8-19(20)22(30)25-14-21-26-27-23(28(21)17-6-2-1-3-7-17)33-15-16-10-12-18(13-11-16)29(31)32/h1-13H,14-15H2,(H,25,30). The Morgan fingerprint density at radius 2 is 1.70 bits per heavy atom. The number of non-ortho nitro benzene ring substituents is 1. The Hall–Kier alpha value is -4.05. The van der Waals surface area contributed by atoms with Gasteiger partial charge >= 0.3 is 0 Å². The van der Waals surface area contributed by atoms with Crippen molar-refractivity contribution in [1.82, 2.24) is 20.1 Å². The van der Waals surface area contributed by atoms with Crippen molar-refractivity contribution in [2.75, 3.05) is 0 Å². The second-order valence-electron chi connectivity index (χ2n) is 6.94. The summed E-state index contributed by atoms with van der Waals surface area (Å²) in [6.07, 6.45) is 0. The summed E-state index contributed by atoms with van der Waals surface area (Å²) in [5, 5.41) is 22.6. The molecule has 8 nitrogen and oxygen atoms in total. The highest BCUT2D eigenvalue weighted by Crippen LogP contribution is 2.26. The van der Waals surface area contributed by atoms with E-state index in [0.717, 1.165) is 11.3 Å². The number of carbonyl (C=O) groups excluding carboxylic acids is 1. The second kappa shape index (κ2) is 10.0. The largest absolute Gasteiger partial charge is 0.345 e. The minimum atomic E-state index is -0.598. The van der Waals surface area contributed by atoms with E-state index in [0.29, 0.717) is 16.7 Å². The van der Waals surface area contributed by atoms with E-state index >= 15 is 0 Å². The summed E-state index contributed by atoms with van der Waals surface area (Å²) in [5.41, 5.74) is 1.69. The van der Waals surface area contributed by atoms with Gasteiger partial charge in [0.25, 0.3) is 11.6 Å². The van der Waals surface area contributed by atoms with Crippen LogP contribution in [0.2, 0.25) is 0 Å². The predicted octanol–water partition coefficient (Wildman–Crippen LogP) is 4.54. The van der Waals surface area contributed by atoms with Gasteiger partial charge in [0.05, 0.1) is 17.0 Å². The zero-order chi connectivity index (χ0) is 23.2. The third-order valence-corrected chi connectivity index (χ3v) is 5.76. The molecule has 0 aliphatic heterocycles. The Morgan fingerprint density at radius 3 is 2.39 bits per heavy atom. The van der Waals surface area contributed by atoms with Gasteiger partial charge in [0.2, 0.25) is 0 Å².